The highest BCUT2D eigenvalue weighted by Crippen LogP contribution is 1.97. The molecule has 0 saturated heterocycles. The zero-order valence-electron chi connectivity index (χ0n) is 8.65. The maximum absolute atomic E-state index is 12.0. The predicted molar refractivity (Wildman–Crippen MR) is 51.3 cm³/mol. The van der Waals surface area contributed by atoms with Crippen LogP contribution in [0, 0.1) is 0 Å². The van der Waals surface area contributed by atoms with Gasteiger partial charge in [-0.25, -0.2) is 5.11 Å². The first kappa shape index (κ1) is 14.8. The Kier molecular flexibility index (Phi) is 7.85. The Morgan fingerprint density at radius 3 is 2.47 bits per heavy atom. The van der Waals surface area contributed by atoms with Crippen LogP contribution in [0.5, 0.6) is 0 Å². The molecule has 0 N–H and O–H groups in total. The minimum absolute atomic E-state index is 0.115. The molecular weight excluding hydrogens is 227 g/mol. The zero-order chi connectivity index (χ0) is 11.7. The molecule has 0 aliphatic rings. The lowest BCUT2D eigenvalue weighted by molar-refractivity contribution is -0.0517. The number of hydrogen-bond donors (Lipinski definition) is 0. The van der Waals surface area contributed by atoms with Crippen molar-refractivity contribution < 1.29 is 26.9 Å². The molecule has 0 fully saturated rings. The molecule has 0 rings (SSSR count). The molecule has 1 unspecified atom stereocenters. The van der Waals surface area contributed by atoms with E-state index in [4.69, 9.17) is 9.47 Å². The molecule has 0 aromatic heterocycles. The second-order valence-corrected chi connectivity index (χ2v) is 4.46. The molecule has 5 nitrogen and oxygen atoms in total. The summed E-state index contributed by atoms with van der Waals surface area (Å²) >= 11 is 0. The first-order valence-corrected chi connectivity index (χ1v) is 6.24. The van der Waals surface area contributed by atoms with E-state index in [1.54, 1.807) is 0 Å². The van der Waals surface area contributed by atoms with Gasteiger partial charge in [0.2, 0.25) is 0 Å². The van der Waals surface area contributed by atoms with Crippen molar-refractivity contribution in [1.82, 2.24) is 0 Å². The van der Waals surface area contributed by atoms with Crippen LogP contribution in [0.4, 0.5) is 3.89 Å². The Balaban J connectivity index is 3.61. The predicted octanol–water partition coefficient (Wildman–Crippen LogP) is 0.528. The largest absolute Gasteiger partial charge is 0.379 e. The number of rotatable bonds is 9. The van der Waals surface area contributed by atoms with Crippen molar-refractivity contribution in [3.05, 3.63) is 0 Å². The maximum Gasteiger partial charge on any atom is 0.304 e. The number of halogens is 1. The highest BCUT2D eigenvalue weighted by atomic mass is 32.3. The molecule has 7 heteroatoms. The minimum Gasteiger partial charge on any atom is -0.379 e. The van der Waals surface area contributed by atoms with Crippen molar-refractivity contribution in [2.24, 2.45) is 0 Å². The molecule has 0 heterocycles. The monoisotopic (exact) mass is 243 g/mol. The van der Waals surface area contributed by atoms with Crippen LogP contribution < -0.4 is 0 Å². The third-order valence-corrected chi connectivity index (χ3v) is 2.17. The van der Waals surface area contributed by atoms with Crippen LogP contribution in [-0.4, -0.2) is 46.7 Å². The van der Waals surface area contributed by atoms with E-state index in [0.717, 1.165) is 6.42 Å². The van der Waals surface area contributed by atoms with Crippen molar-refractivity contribution in [3.63, 3.8) is 0 Å². The van der Waals surface area contributed by atoms with Crippen LogP contribution in [0.25, 0.3) is 0 Å². The third kappa shape index (κ3) is 10.1. The normalized spacial score (nSPS) is 14.1. The molecule has 1 radical (unpaired) electrons. The summed E-state index contributed by atoms with van der Waals surface area (Å²) in [6, 6.07) is 0. The Hall–Kier alpha value is -0.240. The first-order valence-electron chi connectivity index (χ1n) is 4.69. The van der Waals surface area contributed by atoms with Crippen molar-refractivity contribution >= 4 is 10.2 Å². The SMILES string of the molecule is CCCOCC(C[O])OCCS(=O)(=O)F. The Morgan fingerprint density at radius 1 is 1.33 bits per heavy atom. The van der Waals surface area contributed by atoms with Crippen LogP contribution in [0.15, 0.2) is 0 Å². The summed E-state index contributed by atoms with van der Waals surface area (Å²) in [4.78, 5) is 0. The van der Waals surface area contributed by atoms with Crippen LogP contribution in [-0.2, 0) is 24.8 Å². The minimum atomic E-state index is -4.52. The van der Waals surface area contributed by atoms with Gasteiger partial charge in [0.1, 0.15) is 18.5 Å². The molecule has 0 spiro atoms. The van der Waals surface area contributed by atoms with Crippen LogP contribution in [0.3, 0.4) is 0 Å². The van der Waals surface area contributed by atoms with E-state index in [1.807, 2.05) is 6.92 Å². The van der Waals surface area contributed by atoms with Gasteiger partial charge in [0.25, 0.3) is 0 Å². The quantitative estimate of drug-likeness (QED) is 0.437. The molecule has 1 atom stereocenters. The van der Waals surface area contributed by atoms with Gasteiger partial charge in [-0.1, -0.05) is 6.92 Å². The summed E-state index contributed by atoms with van der Waals surface area (Å²) in [5.74, 6) is -0.725. The Morgan fingerprint density at radius 2 is 2.00 bits per heavy atom. The highest BCUT2D eigenvalue weighted by molar-refractivity contribution is 7.86. The fourth-order valence-electron chi connectivity index (χ4n) is 0.818. The summed E-state index contributed by atoms with van der Waals surface area (Å²) in [5.41, 5.74) is 0. The summed E-state index contributed by atoms with van der Waals surface area (Å²) in [5, 5.41) is 10.5. The van der Waals surface area contributed by atoms with Crippen molar-refractivity contribution in [2.45, 2.75) is 19.4 Å². The van der Waals surface area contributed by atoms with Gasteiger partial charge < -0.3 is 9.47 Å². The van der Waals surface area contributed by atoms with Crippen LogP contribution in [0.2, 0.25) is 0 Å². The van der Waals surface area contributed by atoms with E-state index in [1.165, 1.54) is 0 Å². The fraction of sp³-hybridized carbons (Fsp3) is 1.00. The van der Waals surface area contributed by atoms with E-state index >= 15 is 0 Å². The molecule has 15 heavy (non-hydrogen) atoms. The summed E-state index contributed by atoms with van der Waals surface area (Å²) < 4.78 is 42.2. The summed E-state index contributed by atoms with van der Waals surface area (Å²) in [6.07, 6.45) is 0.114. The Labute approximate surface area is 89.4 Å². The van der Waals surface area contributed by atoms with E-state index in [-0.39, 0.29) is 13.2 Å². The molecule has 0 aromatic rings. The van der Waals surface area contributed by atoms with Gasteiger partial charge in [0, 0.05) is 6.61 Å². The van der Waals surface area contributed by atoms with Crippen LogP contribution >= 0.6 is 0 Å². The van der Waals surface area contributed by atoms with E-state index in [2.05, 4.69) is 0 Å². The molecule has 0 aliphatic carbocycles. The highest BCUT2D eigenvalue weighted by Gasteiger charge is 2.12. The molecule has 0 aromatic carbocycles. The van der Waals surface area contributed by atoms with E-state index < -0.39 is 28.7 Å². The summed E-state index contributed by atoms with van der Waals surface area (Å²) in [6.45, 7) is 1.70. The lowest BCUT2D eigenvalue weighted by Crippen LogP contribution is -2.25. The molecule has 0 saturated carbocycles. The van der Waals surface area contributed by atoms with E-state index in [9.17, 15) is 17.4 Å². The average molecular weight is 243 g/mol. The van der Waals surface area contributed by atoms with Crippen molar-refractivity contribution in [2.75, 3.05) is 32.2 Å². The Bertz CT molecular complexity index is 241. The van der Waals surface area contributed by atoms with Gasteiger partial charge in [-0.05, 0) is 6.42 Å². The number of ether oxygens (including phenoxy) is 2. The van der Waals surface area contributed by atoms with Crippen LogP contribution in [0.1, 0.15) is 13.3 Å². The first-order chi connectivity index (χ1) is 6.99. The summed E-state index contributed by atoms with van der Waals surface area (Å²) in [7, 11) is -4.52. The zero-order valence-corrected chi connectivity index (χ0v) is 9.46. The van der Waals surface area contributed by atoms with Crippen molar-refractivity contribution in [3.8, 4) is 0 Å². The molecular formula is C8H16FO5S. The lowest BCUT2D eigenvalue weighted by atomic mass is 10.4. The molecule has 0 bridgehead atoms. The molecule has 0 aliphatic heterocycles. The van der Waals surface area contributed by atoms with Gasteiger partial charge in [0.05, 0.1) is 13.2 Å². The molecule has 0 amide bonds. The van der Waals surface area contributed by atoms with Gasteiger partial charge >= 0.3 is 10.2 Å². The second-order valence-electron chi connectivity index (χ2n) is 2.98. The topological polar surface area (TPSA) is 72.5 Å². The average Bonchev–Trinajstić information content (AvgIpc) is 2.14. The molecule has 91 valence electrons. The lowest BCUT2D eigenvalue weighted by Gasteiger charge is -2.13. The number of hydrogen-bond acceptors (Lipinski definition) is 4. The van der Waals surface area contributed by atoms with Gasteiger partial charge in [0.15, 0.2) is 0 Å². The standard InChI is InChI=1S/C8H16FO5S/c1-2-3-13-7-8(6-10)14-4-5-15(9,11)12/h8H,2-7H2,1H3. The fourth-order valence-corrected chi connectivity index (χ4v) is 1.11. The van der Waals surface area contributed by atoms with Gasteiger partial charge in [-0.2, -0.15) is 8.42 Å². The van der Waals surface area contributed by atoms with Gasteiger partial charge in [-0.15, -0.1) is 3.89 Å². The van der Waals surface area contributed by atoms with E-state index in [0.29, 0.717) is 6.61 Å². The second kappa shape index (κ2) is 7.98. The van der Waals surface area contributed by atoms with Gasteiger partial charge in [-0.3, -0.25) is 0 Å². The third-order valence-electron chi connectivity index (χ3n) is 1.52. The smallest absolute Gasteiger partial charge is 0.304 e. The maximum atomic E-state index is 12.0. The van der Waals surface area contributed by atoms with Crippen molar-refractivity contribution in [1.29, 1.82) is 0 Å².